The fourth-order valence-corrected chi connectivity index (χ4v) is 3.26. The first-order valence-electron chi connectivity index (χ1n) is 9.70. The molecule has 0 aliphatic heterocycles. The molecule has 0 spiro atoms. The normalized spacial score (nSPS) is 10.8. The zero-order valence-corrected chi connectivity index (χ0v) is 19.1. The Bertz CT molecular complexity index is 1250. The van der Waals surface area contributed by atoms with Crippen LogP contribution in [0.25, 0.3) is 0 Å². The highest BCUT2D eigenvalue weighted by molar-refractivity contribution is 6.36. The van der Waals surface area contributed by atoms with Gasteiger partial charge >= 0.3 is 0 Å². The molecule has 3 rings (SSSR count). The fraction of sp³-hybridized carbons (Fsp3) is 0.0909. The van der Waals surface area contributed by atoms with Crippen molar-refractivity contribution in [2.45, 2.75) is 6.92 Å². The molecular formula is C22H16Cl2N4O6. The van der Waals surface area contributed by atoms with E-state index in [-0.39, 0.29) is 24.0 Å². The molecule has 0 atom stereocenters. The first-order valence-corrected chi connectivity index (χ1v) is 10.5. The van der Waals surface area contributed by atoms with Crippen molar-refractivity contribution >= 4 is 46.7 Å². The number of ether oxygens (including phenoxy) is 1. The second-order valence-electron chi connectivity index (χ2n) is 6.76. The van der Waals surface area contributed by atoms with Crippen LogP contribution in [0.1, 0.15) is 22.8 Å². The van der Waals surface area contributed by atoms with Crippen molar-refractivity contribution in [3.63, 3.8) is 0 Å². The van der Waals surface area contributed by atoms with E-state index in [4.69, 9.17) is 27.9 Å². The predicted octanol–water partition coefficient (Wildman–Crippen LogP) is 6.10. The molecule has 0 saturated heterocycles. The van der Waals surface area contributed by atoms with Crippen LogP contribution in [0.2, 0.25) is 10.0 Å². The lowest BCUT2D eigenvalue weighted by Gasteiger charge is -2.15. The van der Waals surface area contributed by atoms with Crippen molar-refractivity contribution in [1.82, 2.24) is 5.01 Å². The fourth-order valence-electron chi connectivity index (χ4n) is 2.80. The van der Waals surface area contributed by atoms with E-state index in [2.05, 4.69) is 5.10 Å². The summed E-state index contributed by atoms with van der Waals surface area (Å²) in [5.41, 5.74) is -0.0628. The van der Waals surface area contributed by atoms with E-state index >= 15 is 0 Å². The minimum absolute atomic E-state index is 0.0837. The van der Waals surface area contributed by atoms with Crippen molar-refractivity contribution in [1.29, 1.82) is 0 Å². The first-order chi connectivity index (χ1) is 16.2. The smallest absolute Gasteiger partial charge is 0.280 e. The van der Waals surface area contributed by atoms with E-state index in [0.717, 1.165) is 18.2 Å². The van der Waals surface area contributed by atoms with Gasteiger partial charge in [-0.1, -0.05) is 29.3 Å². The monoisotopic (exact) mass is 502 g/mol. The van der Waals surface area contributed by atoms with Gasteiger partial charge in [-0.25, -0.2) is 5.01 Å². The molecule has 0 aliphatic carbocycles. The number of carbonyl (C=O) groups is 1. The van der Waals surface area contributed by atoms with Gasteiger partial charge in [0.1, 0.15) is 11.5 Å². The third-order valence-corrected chi connectivity index (χ3v) is 5.03. The zero-order valence-electron chi connectivity index (χ0n) is 17.6. The average Bonchev–Trinajstić information content (AvgIpc) is 2.80. The van der Waals surface area contributed by atoms with E-state index in [1.807, 2.05) is 0 Å². The van der Waals surface area contributed by atoms with Gasteiger partial charge in [-0.3, -0.25) is 25.0 Å². The lowest BCUT2D eigenvalue weighted by Crippen LogP contribution is -2.25. The molecule has 0 unspecified atom stereocenters. The molecule has 0 radical (unpaired) electrons. The van der Waals surface area contributed by atoms with Crippen molar-refractivity contribution in [2.75, 3.05) is 6.54 Å². The Morgan fingerprint density at radius 3 is 2.12 bits per heavy atom. The molecule has 0 heterocycles. The molecule has 0 bridgehead atoms. The largest absolute Gasteiger partial charge is 0.457 e. The topological polar surface area (TPSA) is 128 Å². The van der Waals surface area contributed by atoms with Crippen LogP contribution in [-0.4, -0.2) is 33.5 Å². The van der Waals surface area contributed by atoms with Crippen molar-refractivity contribution in [2.24, 2.45) is 5.10 Å². The van der Waals surface area contributed by atoms with Gasteiger partial charge in [-0.05, 0) is 43.3 Å². The van der Waals surface area contributed by atoms with Crippen LogP contribution in [-0.2, 0) is 0 Å². The molecule has 0 saturated carbocycles. The molecule has 10 nitrogen and oxygen atoms in total. The standard InChI is InChI=1S/C22H16Cl2N4O6/c1-2-26(25-13-15-3-6-16(23)9-21(15)24)22(29)14-4-7-19(8-5-14)34-20-11-17(27(30)31)10-18(12-20)28(32)33/h3-13H,2H2,1H3/b25-13-. The quantitative estimate of drug-likeness (QED) is 0.208. The Labute approximate surface area is 203 Å². The van der Waals surface area contributed by atoms with Gasteiger partial charge in [0.15, 0.2) is 0 Å². The summed E-state index contributed by atoms with van der Waals surface area (Å²) in [4.78, 5) is 33.4. The van der Waals surface area contributed by atoms with Crippen LogP contribution < -0.4 is 4.74 Å². The van der Waals surface area contributed by atoms with Crippen LogP contribution in [0.3, 0.4) is 0 Å². The van der Waals surface area contributed by atoms with E-state index in [1.165, 1.54) is 35.5 Å². The molecule has 34 heavy (non-hydrogen) atoms. The summed E-state index contributed by atoms with van der Waals surface area (Å²) in [5.74, 6) is -0.244. The summed E-state index contributed by atoms with van der Waals surface area (Å²) in [6.45, 7) is 2.04. The number of rotatable bonds is 8. The number of hydrogen-bond donors (Lipinski definition) is 0. The van der Waals surface area contributed by atoms with Crippen LogP contribution in [0, 0.1) is 20.2 Å². The van der Waals surface area contributed by atoms with Gasteiger partial charge in [-0.15, -0.1) is 0 Å². The molecule has 0 fully saturated rings. The summed E-state index contributed by atoms with van der Waals surface area (Å²) in [7, 11) is 0. The van der Waals surface area contributed by atoms with E-state index in [0.29, 0.717) is 21.2 Å². The number of amides is 1. The Morgan fingerprint density at radius 1 is 0.971 bits per heavy atom. The summed E-state index contributed by atoms with van der Waals surface area (Å²) >= 11 is 12.0. The average molecular weight is 503 g/mol. The van der Waals surface area contributed by atoms with Gasteiger partial charge < -0.3 is 4.74 Å². The molecule has 12 heteroatoms. The minimum atomic E-state index is -0.751. The predicted molar refractivity (Wildman–Crippen MR) is 127 cm³/mol. The number of non-ortho nitro benzene ring substituents is 2. The van der Waals surface area contributed by atoms with E-state index in [9.17, 15) is 25.0 Å². The highest BCUT2D eigenvalue weighted by atomic mass is 35.5. The second-order valence-corrected chi connectivity index (χ2v) is 7.60. The molecule has 1 amide bonds. The third-order valence-electron chi connectivity index (χ3n) is 4.47. The SMILES string of the molecule is CCN(/N=C\c1ccc(Cl)cc1Cl)C(=O)c1ccc(Oc2cc([N+](=O)[O-])cc([N+](=O)[O-])c2)cc1. The highest BCUT2D eigenvalue weighted by Crippen LogP contribution is 2.31. The number of nitro benzene ring substituents is 2. The summed E-state index contributed by atoms with van der Waals surface area (Å²) in [6.07, 6.45) is 1.45. The van der Waals surface area contributed by atoms with Crippen LogP contribution in [0.15, 0.2) is 65.8 Å². The first kappa shape index (κ1) is 24.6. The third kappa shape index (κ3) is 6.06. The summed E-state index contributed by atoms with van der Waals surface area (Å²) < 4.78 is 5.52. The number of nitrogens with zero attached hydrogens (tertiary/aromatic N) is 4. The minimum Gasteiger partial charge on any atom is -0.457 e. The molecule has 3 aromatic carbocycles. The van der Waals surface area contributed by atoms with Crippen molar-refractivity contribution in [3.8, 4) is 11.5 Å². The van der Waals surface area contributed by atoms with Gasteiger partial charge in [0.05, 0.1) is 39.3 Å². The molecule has 3 aromatic rings. The van der Waals surface area contributed by atoms with E-state index in [1.54, 1.807) is 25.1 Å². The van der Waals surface area contributed by atoms with Crippen molar-refractivity contribution < 1.29 is 19.4 Å². The molecule has 0 N–H and O–H groups in total. The Balaban J connectivity index is 1.76. The number of halogens is 2. The lowest BCUT2D eigenvalue weighted by molar-refractivity contribution is -0.394. The number of benzene rings is 3. The molecule has 0 aromatic heterocycles. The molecule has 174 valence electrons. The van der Waals surface area contributed by atoms with Gasteiger partial charge in [0.25, 0.3) is 17.3 Å². The maximum Gasteiger partial charge on any atom is 0.280 e. The highest BCUT2D eigenvalue weighted by Gasteiger charge is 2.18. The number of hydrogen-bond acceptors (Lipinski definition) is 7. The Morgan fingerprint density at radius 2 is 1.59 bits per heavy atom. The molecule has 0 aliphatic rings. The zero-order chi connectivity index (χ0) is 24.8. The number of nitro groups is 2. The van der Waals surface area contributed by atoms with Crippen molar-refractivity contribution in [3.05, 3.63) is 102 Å². The Hall–Kier alpha value is -4.02. The number of hydrazone groups is 1. The van der Waals surface area contributed by atoms with Crippen LogP contribution in [0.4, 0.5) is 11.4 Å². The van der Waals surface area contributed by atoms with Gasteiger partial charge in [0, 0.05) is 22.7 Å². The van der Waals surface area contributed by atoms with Crippen LogP contribution >= 0.6 is 23.2 Å². The maximum atomic E-state index is 12.8. The van der Waals surface area contributed by atoms with Gasteiger partial charge in [-0.2, -0.15) is 5.10 Å². The Kier molecular flexibility index (Phi) is 7.77. The second kappa shape index (κ2) is 10.7. The number of carbonyl (C=O) groups excluding carboxylic acids is 1. The maximum absolute atomic E-state index is 12.8. The van der Waals surface area contributed by atoms with Crippen LogP contribution in [0.5, 0.6) is 11.5 Å². The summed E-state index contributed by atoms with van der Waals surface area (Å²) in [5, 5.41) is 28.4. The van der Waals surface area contributed by atoms with E-state index < -0.39 is 21.2 Å². The van der Waals surface area contributed by atoms with Gasteiger partial charge in [0.2, 0.25) is 0 Å². The molecular weight excluding hydrogens is 487 g/mol. The lowest BCUT2D eigenvalue weighted by atomic mass is 10.2. The summed E-state index contributed by atoms with van der Waals surface area (Å²) in [6, 6.07) is 13.8.